The SMILES string of the molecule is COc1ccc(C2/C(=C(\O)c3ccc4c(c3)CC(C)O4)C(=O)C(=O)N2c2nnc(SCc3ccc(Cl)cc3Cl)s2)cc1OC. The van der Waals surface area contributed by atoms with Crippen LogP contribution in [0.4, 0.5) is 5.13 Å². The number of hydrogen-bond donors (Lipinski definition) is 1. The van der Waals surface area contributed by atoms with E-state index in [1.54, 1.807) is 48.5 Å². The summed E-state index contributed by atoms with van der Waals surface area (Å²) in [4.78, 5) is 28.6. The van der Waals surface area contributed by atoms with Crippen LogP contribution in [0, 0.1) is 0 Å². The Morgan fingerprint density at radius 2 is 1.86 bits per heavy atom. The summed E-state index contributed by atoms with van der Waals surface area (Å²) in [5, 5.41) is 21.4. The van der Waals surface area contributed by atoms with Crippen molar-refractivity contribution in [2.75, 3.05) is 19.1 Å². The molecule has 0 spiro atoms. The number of amides is 1. The molecule has 1 saturated heterocycles. The number of aliphatic hydroxyl groups excluding tert-OH is 1. The Morgan fingerprint density at radius 1 is 1.07 bits per heavy atom. The van der Waals surface area contributed by atoms with Crippen molar-refractivity contribution in [2.45, 2.75) is 35.6 Å². The first kappa shape index (κ1) is 30.3. The molecule has 13 heteroatoms. The molecule has 2 atom stereocenters. The van der Waals surface area contributed by atoms with Crippen LogP contribution in [0.2, 0.25) is 10.0 Å². The minimum atomic E-state index is -1.02. The molecule has 0 saturated carbocycles. The summed E-state index contributed by atoms with van der Waals surface area (Å²) in [6.45, 7) is 1.96. The van der Waals surface area contributed by atoms with Crippen LogP contribution < -0.4 is 19.1 Å². The Hall–Kier alpha value is -3.77. The molecule has 0 bridgehead atoms. The van der Waals surface area contributed by atoms with Gasteiger partial charge in [0.25, 0.3) is 5.78 Å². The zero-order chi connectivity index (χ0) is 31.1. The fourth-order valence-corrected chi connectivity index (χ4v) is 7.66. The van der Waals surface area contributed by atoms with Crippen molar-refractivity contribution in [3.63, 3.8) is 0 Å². The Morgan fingerprint density at radius 3 is 2.61 bits per heavy atom. The number of aliphatic hydroxyl groups is 1. The smallest absolute Gasteiger partial charge is 0.301 e. The highest BCUT2D eigenvalue weighted by atomic mass is 35.5. The van der Waals surface area contributed by atoms with Crippen LogP contribution in [0.5, 0.6) is 17.2 Å². The largest absolute Gasteiger partial charge is 0.507 e. The second-order valence-corrected chi connectivity index (χ2v) is 13.1. The Kier molecular flexibility index (Phi) is 8.47. The molecule has 1 fully saturated rings. The monoisotopic (exact) mass is 669 g/mol. The lowest BCUT2D eigenvalue weighted by Gasteiger charge is -2.23. The van der Waals surface area contributed by atoms with Gasteiger partial charge in [0, 0.05) is 27.8 Å². The van der Waals surface area contributed by atoms with E-state index in [0.29, 0.717) is 49.2 Å². The highest BCUT2D eigenvalue weighted by molar-refractivity contribution is 8.00. The van der Waals surface area contributed by atoms with Gasteiger partial charge in [-0.2, -0.15) is 0 Å². The first-order valence-corrected chi connectivity index (χ1v) is 16.0. The Bertz CT molecular complexity index is 1830. The van der Waals surface area contributed by atoms with Gasteiger partial charge < -0.3 is 19.3 Å². The first-order valence-electron chi connectivity index (χ1n) is 13.4. The molecule has 9 nitrogen and oxygen atoms in total. The lowest BCUT2D eigenvalue weighted by molar-refractivity contribution is -0.132. The maximum atomic E-state index is 13.7. The van der Waals surface area contributed by atoms with Gasteiger partial charge in [-0.3, -0.25) is 14.5 Å². The molecule has 1 N–H and O–H groups in total. The summed E-state index contributed by atoms with van der Waals surface area (Å²) in [5.41, 5.74) is 2.60. The minimum absolute atomic E-state index is 0.0000684. The molecule has 4 aromatic rings. The van der Waals surface area contributed by atoms with Crippen molar-refractivity contribution in [3.8, 4) is 17.2 Å². The third kappa shape index (κ3) is 5.61. The minimum Gasteiger partial charge on any atom is -0.507 e. The average molecular weight is 671 g/mol. The summed E-state index contributed by atoms with van der Waals surface area (Å²) in [7, 11) is 3.01. The zero-order valence-electron chi connectivity index (χ0n) is 23.7. The van der Waals surface area contributed by atoms with Gasteiger partial charge in [-0.1, -0.05) is 58.4 Å². The van der Waals surface area contributed by atoms with Crippen LogP contribution in [0.15, 0.2) is 64.5 Å². The zero-order valence-corrected chi connectivity index (χ0v) is 26.8. The number of carbonyl (C=O) groups is 2. The van der Waals surface area contributed by atoms with Gasteiger partial charge in [0.2, 0.25) is 5.13 Å². The number of hydrogen-bond acceptors (Lipinski definition) is 10. The molecule has 2 aliphatic rings. The first-order chi connectivity index (χ1) is 21.2. The second-order valence-electron chi connectivity index (χ2n) is 10.1. The number of thioether (sulfide) groups is 1. The van der Waals surface area contributed by atoms with E-state index in [1.165, 1.54) is 30.9 Å². The van der Waals surface area contributed by atoms with Crippen LogP contribution in [0.25, 0.3) is 5.76 Å². The van der Waals surface area contributed by atoms with Crippen LogP contribution in [-0.2, 0) is 21.8 Å². The number of rotatable bonds is 8. The highest BCUT2D eigenvalue weighted by Crippen LogP contribution is 2.46. The Balaban J connectivity index is 1.41. The highest BCUT2D eigenvalue weighted by Gasteiger charge is 2.48. The molecule has 1 amide bonds. The number of ketones is 1. The van der Waals surface area contributed by atoms with E-state index in [2.05, 4.69) is 10.2 Å². The average Bonchev–Trinajstić information content (AvgIpc) is 3.70. The van der Waals surface area contributed by atoms with E-state index in [0.717, 1.165) is 28.2 Å². The van der Waals surface area contributed by atoms with Crippen LogP contribution >= 0.6 is 46.3 Å². The lowest BCUT2D eigenvalue weighted by Crippen LogP contribution is -2.29. The predicted octanol–water partition coefficient (Wildman–Crippen LogP) is 7.10. The number of methoxy groups -OCH3 is 2. The van der Waals surface area contributed by atoms with Gasteiger partial charge in [0.05, 0.1) is 25.8 Å². The van der Waals surface area contributed by atoms with Crippen molar-refractivity contribution in [2.24, 2.45) is 0 Å². The molecule has 2 unspecified atom stereocenters. The maximum Gasteiger partial charge on any atom is 0.301 e. The predicted molar refractivity (Wildman–Crippen MR) is 170 cm³/mol. The Labute approximate surface area is 271 Å². The van der Waals surface area contributed by atoms with Crippen LogP contribution in [0.1, 0.15) is 35.2 Å². The molecule has 3 aromatic carbocycles. The maximum absolute atomic E-state index is 13.7. The fourth-order valence-electron chi connectivity index (χ4n) is 5.23. The lowest BCUT2D eigenvalue weighted by atomic mass is 9.94. The van der Waals surface area contributed by atoms with E-state index < -0.39 is 17.7 Å². The van der Waals surface area contributed by atoms with Gasteiger partial charge in [-0.25, -0.2) is 0 Å². The van der Waals surface area contributed by atoms with E-state index >= 15 is 0 Å². The van der Waals surface area contributed by atoms with Gasteiger partial charge in [-0.15, -0.1) is 10.2 Å². The quantitative estimate of drug-likeness (QED) is 0.0690. The standard InChI is InChI=1S/C31H25Cl2N3O6S2/c1-15-10-19-11-17(6-8-22(19)42-15)27(37)25-26(16-5-9-23(40-2)24(12-16)41-3)36(29(39)28(25)38)30-34-35-31(44-30)43-14-18-4-7-20(32)13-21(18)33/h4-9,11-13,15,26,37H,10,14H2,1-3H3/b27-25+. The number of Topliss-reactive ketones (excluding diaryl/α,β-unsaturated/α-hetero) is 1. The molecule has 3 heterocycles. The number of aromatic nitrogens is 2. The summed E-state index contributed by atoms with van der Waals surface area (Å²) < 4.78 is 17.3. The van der Waals surface area contributed by atoms with Gasteiger partial charge in [0.15, 0.2) is 15.8 Å². The number of nitrogens with zero attached hydrogens (tertiary/aromatic N) is 3. The normalized spacial score (nSPS) is 18.8. The number of halogens is 2. The van der Waals surface area contributed by atoms with E-state index in [1.807, 2.05) is 13.0 Å². The van der Waals surface area contributed by atoms with Crippen molar-refractivity contribution in [1.29, 1.82) is 0 Å². The van der Waals surface area contributed by atoms with Crippen molar-refractivity contribution in [3.05, 3.63) is 92.5 Å². The summed E-state index contributed by atoms with van der Waals surface area (Å²) in [6.07, 6.45) is 0.663. The topological polar surface area (TPSA) is 111 Å². The number of anilines is 1. The van der Waals surface area contributed by atoms with Crippen molar-refractivity contribution in [1.82, 2.24) is 10.2 Å². The van der Waals surface area contributed by atoms with Gasteiger partial charge in [-0.05, 0) is 66.1 Å². The van der Waals surface area contributed by atoms with Crippen LogP contribution in [0.3, 0.4) is 0 Å². The molecule has 226 valence electrons. The number of benzene rings is 3. The molecule has 44 heavy (non-hydrogen) atoms. The number of ether oxygens (including phenoxy) is 3. The van der Waals surface area contributed by atoms with Gasteiger partial charge >= 0.3 is 5.91 Å². The van der Waals surface area contributed by atoms with Gasteiger partial charge in [0.1, 0.15) is 17.6 Å². The summed E-state index contributed by atoms with van der Waals surface area (Å²) in [5.74, 6) is 0.101. The molecule has 0 radical (unpaired) electrons. The fraction of sp³-hybridized carbons (Fsp3) is 0.226. The molecule has 2 aliphatic heterocycles. The van der Waals surface area contributed by atoms with E-state index in [9.17, 15) is 14.7 Å². The van der Waals surface area contributed by atoms with E-state index in [-0.39, 0.29) is 22.6 Å². The molecular formula is C31H25Cl2N3O6S2. The summed E-state index contributed by atoms with van der Waals surface area (Å²) >= 11 is 14.9. The third-order valence-corrected chi connectivity index (χ3v) is 10.00. The van der Waals surface area contributed by atoms with Crippen molar-refractivity contribution >= 4 is 68.9 Å². The molecule has 1 aromatic heterocycles. The molecule has 0 aliphatic carbocycles. The van der Waals surface area contributed by atoms with Crippen molar-refractivity contribution < 1.29 is 28.9 Å². The van der Waals surface area contributed by atoms with Crippen LogP contribution in [-0.4, -0.2) is 47.3 Å². The summed E-state index contributed by atoms with van der Waals surface area (Å²) in [6, 6.07) is 14.5. The molecule has 6 rings (SSSR count). The second kappa shape index (κ2) is 12.3. The number of carbonyl (C=O) groups excluding carboxylic acids is 2. The van der Waals surface area contributed by atoms with E-state index in [4.69, 9.17) is 37.4 Å². The third-order valence-electron chi connectivity index (χ3n) is 7.31. The number of fused-ring (bicyclic) bond motifs is 1. The molecular weight excluding hydrogens is 645 g/mol.